The van der Waals surface area contributed by atoms with Gasteiger partial charge in [-0.1, -0.05) is 17.3 Å². The van der Waals surface area contributed by atoms with E-state index in [2.05, 4.69) is 10.3 Å². The first-order valence-electron chi connectivity index (χ1n) is 5.57. The molecule has 0 saturated carbocycles. The molecule has 0 N–H and O–H groups in total. The fourth-order valence-electron chi connectivity index (χ4n) is 1.86. The highest BCUT2D eigenvalue weighted by molar-refractivity contribution is 5.76. The van der Waals surface area contributed by atoms with E-state index in [9.17, 15) is 4.79 Å². The normalized spacial score (nSPS) is 10.4. The minimum Gasteiger partial charge on any atom is -1.00 e. The van der Waals surface area contributed by atoms with Crippen LogP contribution in [0.3, 0.4) is 0 Å². The third-order valence-corrected chi connectivity index (χ3v) is 2.75. The molecule has 0 aliphatic carbocycles. The van der Waals surface area contributed by atoms with Crippen molar-refractivity contribution in [3.8, 4) is 0 Å². The van der Waals surface area contributed by atoms with E-state index in [1.807, 2.05) is 47.0 Å². The maximum Gasteiger partial charge on any atom is 0.281 e. The molecular formula is C12H12ClN5O. The summed E-state index contributed by atoms with van der Waals surface area (Å²) in [4.78, 5) is 12.2. The predicted octanol–water partition coefficient (Wildman–Crippen LogP) is -3.07. The first-order chi connectivity index (χ1) is 8.74. The number of rotatable bonds is 2. The fraction of sp³-hybridized carbons (Fsp3) is 0.167. The molecule has 3 rings (SSSR count). The average Bonchev–Trinajstić information content (AvgIpc) is 2.79. The summed E-state index contributed by atoms with van der Waals surface area (Å²) in [6, 6.07) is 7.21. The Labute approximate surface area is 115 Å². The summed E-state index contributed by atoms with van der Waals surface area (Å²) in [5.41, 5.74) is 0.494. The van der Waals surface area contributed by atoms with Crippen LogP contribution in [0.4, 0.5) is 0 Å². The lowest BCUT2D eigenvalue weighted by Gasteiger charge is -2.01. The van der Waals surface area contributed by atoms with Crippen molar-refractivity contribution in [1.29, 1.82) is 0 Å². The highest BCUT2D eigenvalue weighted by Gasteiger charge is 2.07. The second kappa shape index (κ2) is 5.19. The van der Waals surface area contributed by atoms with Gasteiger partial charge in [-0.05, 0) is 12.1 Å². The van der Waals surface area contributed by atoms with Gasteiger partial charge in [0.25, 0.3) is 5.56 Å². The Bertz CT molecular complexity index is 764. The predicted molar refractivity (Wildman–Crippen MR) is 64.8 cm³/mol. The molecule has 98 valence electrons. The van der Waals surface area contributed by atoms with Gasteiger partial charge < -0.3 is 12.4 Å². The van der Waals surface area contributed by atoms with E-state index in [-0.39, 0.29) is 18.0 Å². The molecule has 3 aromatic rings. The number of halogens is 1. The quantitative estimate of drug-likeness (QED) is 0.467. The van der Waals surface area contributed by atoms with Crippen LogP contribution in [0, 0.1) is 0 Å². The Morgan fingerprint density at radius 3 is 2.84 bits per heavy atom. The van der Waals surface area contributed by atoms with Crippen molar-refractivity contribution in [2.45, 2.75) is 6.67 Å². The van der Waals surface area contributed by atoms with Crippen molar-refractivity contribution in [1.82, 2.24) is 19.6 Å². The lowest BCUT2D eigenvalue weighted by molar-refractivity contribution is -0.671. The second-order valence-corrected chi connectivity index (χ2v) is 4.15. The maximum atomic E-state index is 12.2. The van der Waals surface area contributed by atoms with Gasteiger partial charge in [-0.25, -0.2) is 9.13 Å². The van der Waals surface area contributed by atoms with Crippen LogP contribution in [-0.4, -0.2) is 19.6 Å². The van der Waals surface area contributed by atoms with Crippen LogP contribution in [0.2, 0.25) is 0 Å². The van der Waals surface area contributed by atoms with Crippen LogP contribution in [0.5, 0.6) is 0 Å². The Balaban J connectivity index is 0.00000133. The third kappa shape index (κ3) is 2.48. The van der Waals surface area contributed by atoms with E-state index in [0.717, 1.165) is 0 Å². The number of nitrogens with zero attached hydrogens (tertiary/aromatic N) is 5. The summed E-state index contributed by atoms with van der Waals surface area (Å²) in [7, 11) is 1.92. The summed E-state index contributed by atoms with van der Waals surface area (Å²) in [6.45, 7) is 0.359. The molecule has 0 atom stereocenters. The molecule has 0 aliphatic rings. The number of aryl methyl sites for hydroxylation is 1. The largest absolute Gasteiger partial charge is 1.00 e. The summed E-state index contributed by atoms with van der Waals surface area (Å²) in [5.74, 6) is 0. The van der Waals surface area contributed by atoms with Crippen molar-refractivity contribution >= 4 is 10.9 Å². The monoisotopic (exact) mass is 277 g/mol. The van der Waals surface area contributed by atoms with Crippen LogP contribution < -0.4 is 22.5 Å². The Morgan fingerprint density at radius 2 is 2.11 bits per heavy atom. The molecule has 0 radical (unpaired) electrons. The van der Waals surface area contributed by atoms with Gasteiger partial charge in [-0.15, -0.1) is 5.10 Å². The smallest absolute Gasteiger partial charge is 0.281 e. The summed E-state index contributed by atoms with van der Waals surface area (Å²) in [6.07, 6.45) is 5.66. The highest BCUT2D eigenvalue weighted by atomic mass is 35.5. The Hall–Kier alpha value is -2.21. The molecular weight excluding hydrogens is 266 g/mol. The number of benzene rings is 1. The summed E-state index contributed by atoms with van der Waals surface area (Å²) < 4.78 is 5.12. The summed E-state index contributed by atoms with van der Waals surface area (Å²) in [5, 5.41) is 8.56. The molecule has 7 heteroatoms. The van der Waals surface area contributed by atoms with Crippen LogP contribution >= 0.6 is 0 Å². The first-order valence-corrected chi connectivity index (χ1v) is 5.57. The molecule has 0 fully saturated rings. The molecule has 1 aromatic carbocycles. The second-order valence-electron chi connectivity index (χ2n) is 4.15. The van der Waals surface area contributed by atoms with Crippen molar-refractivity contribution in [2.75, 3.05) is 0 Å². The zero-order valence-electron chi connectivity index (χ0n) is 10.3. The van der Waals surface area contributed by atoms with E-state index < -0.39 is 0 Å². The van der Waals surface area contributed by atoms with Gasteiger partial charge >= 0.3 is 0 Å². The van der Waals surface area contributed by atoms with Gasteiger partial charge in [0.1, 0.15) is 17.9 Å². The van der Waals surface area contributed by atoms with Gasteiger partial charge in [-0.2, -0.15) is 4.68 Å². The minimum absolute atomic E-state index is 0. The molecule has 0 saturated heterocycles. The van der Waals surface area contributed by atoms with Crippen molar-refractivity contribution in [3.05, 3.63) is 53.3 Å². The van der Waals surface area contributed by atoms with E-state index >= 15 is 0 Å². The van der Waals surface area contributed by atoms with E-state index in [1.165, 1.54) is 4.68 Å². The summed E-state index contributed by atoms with van der Waals surface area (Å²) >= 11 is 0. The van der Waals surface area contributed by atoms with Crippen molar-refractivity contribution in [3.63, 3.8) is 0 Å². The van der Waals surface area contributed by atoms with Gasteiger partial charge in [0.05, 0.1) is 12.4 Å². The van der Waals surface area contributed by atoms with Crippen LogP contribution in [-0.2, 0) is 13.7 Å². The minimum atomic E-state index is -0.128. The molecule has 0 bridgehead atoms. The third-order valence-electron chi connectivity index (χ3n) is 2.75. The zero-order chi connectivity index (χ0) is 12.5. The molecule has 0 unspecified atom stereocenters. The number of fused-ring (bicyclic) bond motifs is 1. The zero-order valence-corrected chi connectivity index (χ0v) is 11.0. The van der Waals surface area contributed by atoms with Crippen LogP contribution in [0.1, 0.15) is 0 Å². The van der Waals surface area contributed by atoms with Gasteiger partial charge in [-0.3, -0.25) is 4.79 Å². The number of imidazole rings is 1. The molecule has 0 spiro atoms. The van der Waals surface area contributed by atoms with Crippen LogP contribution in [0.25, 0.3) is 10.9 Å². The molecule has 6 nitrogen and oxygen atoms in total. The Kier molecular flexibility index (Phi) is 3.62. The van der Waals surface area contributed by atoms with Crippen molar-refractivity contribution < 1.29 is 17.0 Å². The lowest BCUT2D eigenvalue weighted by atomic mass is 10.2. The Morgan fingerprint density at radius 1 is 1.32 bits per heavy atom. The van der Waals surface area contributed by atoms with Crippen LogP contribution in [0.15, 0.2) is 47.8 Å². The molecule has 0 aliphatic heterocycles. The van der Waals surface area contributed by atoms with E-state index in [0.29, 0.717) is 17.6 Å². The molecule has 2 heterocycles. The average molecular weight is 278 g/mol. The standard InChI is InChI=1S/C12H12N5O.ClH/c1-15-6-7-16(8-15)9-17-12(18)10-4-2-3-5-11(10)13-14-17;/h2-8H,9H2,1H3;1H/q+1;/p-1. The maximum absolute atomic E-state index is 12.2. The lowest BCUT2D eigenvalue weighted by Crippen LogP contribution is -3.00. The van der Waals surface area contributed by atoms with E-state index in [1.54, 1.807) is 12.1 Å². The molecule has 19 heavy (non-hydrogen) atoms. The topological polar surface area (TPSA) is 56.6 Å². The molecule has 0 amide bonds. The van der Waals surface area contributed by atoms with Gasteiger partial charge in [0.15, 0.2) is 6.67 Å². The van der Waals surface area contributed by atoms with E-state index in [4.69, 9.17) is 0 Å². The number of hydrogen-bond acceptors (Lipinski definition) is 3. The number of hydrogen-bond donors (Lipinski definition) is 0. The van der Waals surface area contributed by atoms with Gasteiger partial charge in [0.2, 0.25) is 6.33 Å². The van der Waals surface area contributed by atoms with Gasteiger partial charge in [0, 0.05) is 0 Å². The SMILES string of the molecule is C[n+]1ccn(Cn2nnc3ccccc3c2=O)c1.[Cl-]. The highest BCUT2D eigenvalue weighted by Crippen LogP contribution is 2.03. The first kappa shape index (κ1) is 13.2. The molecule has 2 aromatic heterocycles. The van der Waals surface area contributed by atoms with Crippen molar-refractivity contribution in [2.24, 2.45) is 7.05 Å². The number of aromatic nitrogens is 5. The fourth-order valence-corrected chi connectivity index (χ4v) is 1.86.